The summed E-state index contributed by atoms with van der Waals surface area (Å²) in [7, 11) is 0. The maximum atomic E-state index is 14.3. The standard InChI is InChI=1S/C18H21ClFN3O2/c19-15-2-1-3-16(20)17(15)18-21-5-6-23(18)12-8-13-11-25-14(4-7-24)10-22(13)9-12/h1-3,5-6,12-14,24H,4,7-11H2/t12-,13-,14-/m0/s1. The van der Waals surface area contributed by atoms with Crippen molar-refractivity contribution in [1.29, 1.82) is 0 Å². The number of imidazole rings is 1. The van der Waals surface area contributed by atoms with Crippen molar-refractivity contribution >= 4 is 11.6 Å². The van der Waals surface area contributed by atoms with Crippen LogP contribution in [-0.4, -0.2) is 58.0 Å². The van der Waals surface area contributed by atoms with E-state index in [-0.39, 0.29) is 24.6 Å². The second kappa shape index (κ2) is 7.03. The van der Waals surface area contributed by atoms with Crippen LogP contribution in [0.1, 0.15) is 18.9 Å². The maximum Gasteiger partial charge on any atom is 0.144 e. The lowest BCUT2D eigenvalue weighted by Crippen LogP contribution is -2.46. The van der Waals surface area contributed by atoms with Crippen LogP contribution in [0.2, 0.25) is 5.02 Å². The molecule has 0 saturated carbocycles. The van der Waals surface area contributed by atoms with E-state index in [9.17, 15) is 4.39 Å². The third-order valence-electron chi connectivity index (χ3n) is 5.17. The van der Waals surface area contributed by atoms with Crippen molar-refractivity contribution in [2.24, 2.45) is 0 Å². The smallest absolute Gasteiger partial charge is 0.144 e. The summed E-state index contributed by atoms with van der Waals surface area (Å²) in [5, 5.41) is 9.49. The monoisotopic (exact) mass is 365 g/mol. The van der Waals surface area contributed by atoms with Crippen LogP contribution in [0.4, 0.5) is 4.39 Å². The van der Waals surface area contributed by atoms with Gasteiger partial charge in [-0.05, 0) is 25.0 Å². The number of benzene rings is 1. The Balaban J connectivity index is 1.58. The van der Waals surface area contributed by atoms with Gasteiger partial charge in [0.25, 0.3) is 0 Å². The molecule has 134 valence electrons. The highest BCUT2D eigenvalue weighted by molar-refractivity contribution is 6.33. The van der Waals surface area contributed by atoms with E-state index in [1.54, 1.807) is 18.3 Å². The number of ether oxygens (including phenoxy) is 1. The predicted octanol–water partition coefficient (Wildman–Crippen LogP) is 2.74. The summed E-state index contributed by atoms with van der Waals surface area (Å²) in [4.78, 5) is 6.77. The molecular weight excluding hydrogens is 345 g/mol. The van der Waals surface area contributed by atoms with Gasteiger partial charge in [-0.3, -0.25) is 4.90 Å². The summed E-state index contributed by atoms with van der Waals surface area (Å²) in [5.41, 5.74) is 0.355. The molecule has 0 unspecified atom stereocenters. The SMILES string of the molecule is OCC[C@H]1CN2C[C@@H](n3ccnc3-c3c(F)cccc3Cl)C[C@H]2CO1. The number of aliphatic hydroxyl groups is 1. The molecule has 1 aromatic heterocycles. The van der Waals surface area contributed by atoms with Crippen molar-refractivity contribution in [2.75, 3.05) is 26.3 Å². The highest BCUT2D eigenvalue weighted by atomic mass is 35.5. The molecule has 0 aliphatic carbocycles. The van der Waals surface area contributed by atoms with Crippen LogP contribution < -0.4 is 0 Å². The first-order chi connectivity index (χ1) is 12.2. The number of halogens is 2. The van der Waals surface area contributed by atoms with Crippen molar-refractivity contribution in [1.82, 2.24) is 14.5 Å². The van der Waals surface area contributed by atoms with Crippen LogP contribution in [-0.2, 0) is 4.74 Å². The Morgan fingerprint density at radius 3 is 3.00 bits per heavy atom. The Bertz CT molecular complexity index is 733. The normalized spacial score (nSPS) is 26.8. The molecule has 3 atom stereocenters. The van der Waals surface area contributed by atoms with Gasteiger partial charge in [-0.15, -0.1) is 0 Å². The summed E-state index contributed by atoms with van der Waals surface area (Å²) in [6.45, 7) is 2.51. The van der Waals surface area contributed by atoms with E-state index in [0.717, 1.165) is 19.5 Å². The molecule has 2 aliphatic rings. The number of morpholine rings is 1. The first-order valence-corrected chi connectivity index (χ1v) is 8.99. The van der Waals surface area contributed by atoms with Crippen LogP contribution in [0.15, 0.2) is 30.6 Å². The first kappa shape index (κ1) is 17.0. The Labute approximate surface area is 151 Å². The van der Waals surface area contributed by atoms with Gasteiger partial charge in [0, 0.05) is 44.2 Å². The van der Waals surface area contributed by atoms with Crippen molar-refractivity contribution in [3.8, 4) is 11.4 Å². The Hall–Kier alpha value is -1.47. The fourth-order valence-electron chi connectivity index (χ4n) is 3.95. The third kappa shape index (κ3) is 3.19. The summed E-state index contributed by atoms with van der Waals surface area (Å²) < 4.78 is 22.2. The number of nitrogens with zero attached hydrogens (tertiary/aromatic N) is 3. The fourth-order valence-corrected chi connectivity index (χ4v) is 4.20. The molecule has 0 bridgehead atoms. The molecule has 2 aliphatic heterocycles. The third-order valence-corrected chi connectivity index (χ3v) is 5.48. The molecule has 1 aromatic carbocycles. The first-order valence-electron chi connectivity index (χ1n) is 8.61. The van der Waals surface area contributed by atoms with Crippen molar-refractivity contribution < 1.29 is 14.2 Å². The molecule has 3 heterocycles. The van der Waals surface area contributed by atoms with E-state index in [0.29, 0.717) is 35.5 Å². The van der Waals surface area contributed by atoms with E-state index in [1.807, 2.05) is 10.8 Å². The Morgan fingerprint density at radius 1 is 1.32 bits per heavy atom. The number of fused-ring (bicyclic) bond motifs is 1. The quantitative estimate of drug-likeness (QED) is 0.905. The molecule has 2 fully saturated rings. The number of hydrogen-bond donors (Lipinski definition) is 1. The minimum atomic E-state index is -0.359. The van der Waals surface area contributed by atoms with Gasteiger partial charge in [0.2, 0.25) is 0 Å². The van der Waals surface area contributed by atoms with Crippen LogP contribution in [0.25, 0.3) is 11.4 Å². The van der Waals surface area contributed by atoms with Gasteiger partial charge < -0.3 is 14.4 Å². The zero-order valence-corrected chi connectivity index (χ0v) is 14.6. The molecule has 1 N–H and O–H groups in total. The summed E-state index contributed by atoms with van der Waals surface area (Å²) in [5.74, 6) is 0.211. The predicted molar refractivity (Wildman–Crippen MR) is 93.1 cm³/mol. The van der Waals surface area contributed by atoms with Crippen LogP contribution in [0.3, 0.4) is 0 Å². The zero-order valence-electron chi connectivity index (χ0n) is 13.8. The average Bonchev–Trinajstić information content (AvgIpc) is 3.21. The molecule has 7 heteroatoms. The number of aromatic nitrogens is 2. The molecular formula is C18H21ClFN3O2. The van der Waals surface area contributed by atoms with E-state index in [2.05, 4.69) is 9.88 Å². The number of hydrogen-bond acceptors (Lipinski definition) is 4. The summed E-state index contributed by atoms with van der Waals surface area (Å²) in [6, 6.07) is 5.25. The van der Waals surface area contributed by atoms with Crippen LogP contribution in [0.5, 0.6) is 0 Å². The van der Waals surface area contributed by atoms with E-state index >= 15 is 0 Å². The molecule has 0 spiro atoms. The van der Waals surface area contributed by atoms with Gasteiger partial charge in [-0.2, -0.15) is 0 Å². The van der Waals surface area contributed by atoms with Gasteiger partial charge >= 0.3 is 0 Å². The zero-order chi connectivity index (χ0) is 17.4. The second-order valence-corrected chi connectivity index (χ2v) is 7.13. The fraction of sp³-hybridized carbons (Fsp3) is 0.500. The summed E-state index contributed by atoms with van der Waals surface area (Å²) >= 11 is 6.23. The molecule has 4 rings (SSSR count). The highest BCUT2D eigenvalue weighted by Gasteiger charge is 2.38. The van der Waals surface area contributed by atoms with E-state index in [4.69, 9.17) is 21.4 Å². The van der Waals surface area contributed by atoms with Crippen molar-refractivity contribution in [3.05, 3.63) is 41.4 Å². The Morgan fingerprint density at radius 2 is 2.20 bits per heavy atom. The van der Waals surface area contributed by atoms with Gasteiger partial charge in [-0.25, -0.2) is 9.37 Å². The number of rotatable bonds is 4. The maximum absolute atomic E-state index is 14.3. The summed E-state index contributed by atoms with van der Waals surface area (Å²) in [6.07, 6.45) is 5.27. The van der Waals surface area contributed by atoms with Gasteiger partial charge in [0.1, 0.15) is 11.6 Å². The lowest BCUT2D eigenvalue weighted by molar-refractivity contribution is -0.0567. The molecule has 2 saturated heterocycles. The molecule has 0 radical (unpaired) electrons. The average molecular weight is 366 g/mol. The molecule has 5 nitrogen and oxygen atoms in total. The van der Waals surface area contributed by atoms with E-state index in [1.165, 1.54) is 6.07 Å². The van der Waals surface area contributed by atoms with Gasteiger partial charge in [-0.1, -0.05) is 17.7 Å². The minimum Gasteiger partial charge on any atom is -0.396 e. The van der Waals surface area contributed by atoms with Gasteiger partial charge in [0.05, 0.1) is 23.3 Å². The Kier molecular flexibility index (Phi) is 4.78. The van der Waals surface area contributed by atoms with Crippen molar-refractivity contribution in [2.45, 2.75) is 31.0 Å². The van der Waals surface area contributed by atoms with Gasteiger partial charge in [0.15, 0.2) is 0 Å². The number of aliphatic hydroxyl groups excluding tert-OH is 1. The minimum absolute atomic E-state index is 0.0864. The topological polar surface area (TPSA) is 50.5 Å². The highest BCUT2D eigenvalue weighted by Crippen LogP contribution is 2.36. The molecule has 0 amide bonds. The van der Waals surface area contributed by atoms with Crippen LogP contribution in [0, 0.1) is 5.82 Å². The lowest BCUT2D eigenvalue weighted by atomic mass is 10.1. The molecule has 25 heavy (non-hydrogen) atoms. The van der Waals surface area contributed by atoms with Crippen LogP contribution >= 0.6 is 11.6 Å². The molecule has 2 aromatic rings. The largest absolute Gasteiger partial charge is 0.396 e. The second-order valence-electron chi connectivity index (χ2n) is 6.72. The lowest BCUT2D eigenvalue weighted by Gasteiger charge is -2.34. The van der Waals surface area contributed by atoms with Crippen molar-refractivity contribution in [3.63, 3.8) is 0 Å². The van der Waals surface area contributed by atoms with E-state index < -0.39 is 0 Å².